The van der Waals surface area contributed by atoms with Crippen molar-refractivity contribution in [2.45, 2.75) is 19.1 Å². The Balaban J connectivity index is 4.09. The van der Waals surface area contributed by atoms with E-state index >= 15 is 0 Å². The number of rotatable bonds is 4. The van der Waals surface area contributed by atoms with E-state index in [9.17, 15) is 0 Å². The van der Waals surface area contributed by atoms with Crippen LogP contribution in [-0.2, 0) is 0 Å². The fourth-order valence-corrected chi connectivity index (χ4v) is 1.51. The van der Waals surface area contributed by atoms with Crippen molar-refractivity contribution in [3.63, 3.8) is 0 Å². The smallest absolute Gasteiger partial charge is 0.0767 e. The van der Waals surface area contributed by atoms with E-state index in [-0.39, 0.29) is 0 Å². The largest absolute Gasteiger partial charge is 0.314 e. The molecule has 3 heteroatoms. The molecule has 0 amide bonds. The molecule has 0 heterocycles. The molecule has 11 heavy (non-hydrogen) atoms. The van der Waals surface area contributed by atoms with E-state index in [0.29, 0.717) is 12.2 Å². The molecule has 0 spiro atoms. The first-order valence-electron chi connectivity index (χ1n) is 4.00. The fourth-order valence-electron chi connectivity index (χ4n) is 1.51. The Hall–Kier alpha value is -0.120. The lowest BCUT2D eigenvalue weighted by molar-refractivity contribution is 0.0978. The van der Waals surface area contributed by atoms with Gasteiger partial charge in [0.05, 0.1) is 6.17 Å². The number of hydrogen-bond acceptors (Lipinski definition) is 3. The highest BCUT2D eigenvalue weighted by molar-refractivity contribution is 4.74. The van der Waals surface area contributed by atoms with Gasteiger partial charge in [-0.25, -0.2) is 0 Å². The summed E-state index contributed by atoms with van der Waals surface area (Å²) in [6, 6.07) is 0.486. The van der Waals surface area contributed by atoms with Crippen molar-refractivity contribution < 1.29 is 0 Å². The highest BCUT2D eigenvalue weighted by Crippen LogP contribution is 2.01. The first-order valence-corrected chi connectivity index (χ1v) is 4.00. The van der Waals surface area contributed by atoms with Gasteiger partial charge < -0.3 is 5.32 Å². The van der Waals surface area contributed by atoms with Crippen LogP contribution in [0.4, 0.5) is 0 Å². The minimum atomic E-state index is 0.458. The molecule has 0 aliphatic heterocycles. The highest BCUT2D eigenvalue weighted by atomic mass is 15.3. The van der Waals surface area contributed by atoms with Crippen LogP contribution in [0.3, 0.4) is 0 Å². The second kappa shape index (κ2) is 4.70. The molecule has 3 nitrogen and oxygen atoms in total. The van der Waals surface area contributed by atoms with E-state index < -0.39 is 0 Å². The van der Waals surface area contributed by atoms with E-state index in [1.165, 1.54) is 0 Å². The molecule has 0 aromatic rings. The third kappa shape index (κ3) is 3.18. The number of likely N-dealkylation sites (N-methyl/N-ethyl adjacent to an activating group) is 3. The minimum absolute atomic E-state index is 0.458. The van der Waals surface area contributed by atoms with Gasteiger partial charge in [0.25, 0.3) is 0 Å². The summed E-state index contributed by atoms with van der Waals surface area (Å²) in [5.74, 6) is 0. The van der Waals surface area contributed by atoms with Gasteiger partial charge in [-0.05, 0) is 42.2 Å². The van der Waals surface area contributed by atoms with E-state index in [0.717, 1.165) is 0 Å². The van der Waals surface area contributed by atoms with Gasteiger partial charge >= 0.3 is 0 Å². The van der Waals surface area contributed by atoms with Crippen LogP contribution < -0.4 is 5.32 Å². The minimum Gasteiger partial charge on any atom is -0.314 e. The van der Waals surface area contributed by atoms with Crippen LogP contribution in [0.25, 0.3) is 0 Å². The van der Waals surface area contributed by atoms with E-state index in [1.54, 1.807) is 0 Å². The molecule has 1 unspecified atom stereocenters. The Morgan fingerprint density at radius 2 is 1.36 bits per heavy atom. The van der Waals surface area contributed by atoms with Crippen LogP contribution in [0.1, 0.15) is 6.92 Å². The molecule has 68 valence electrons. The first-order chi connectivity index (χ1) is 5.00. The average molecular weight is 159 g/mol. The predicted octanol–water partition coefficient (Wildman–Crippen LogP) is 0.0436. The van der Waals surface area contributed by atoms with Gasteiger partial charge in [0.2, 0.25) is 0 Å². The molecule has 0 bridgehead atoms. The number of nitrogens with zero attached hydrogens (tertiary/aromatic N) is 2. The summed E-state index contributed by atoms with van der Waals surface area (Å²) >= 11 is 0. The van der Waals surface area contributed by atoms with E-state index in [1.807, 2.05) is 7.05 Å². The molecule has 1 atom stereocenters. The lowest BCUT2D eigenvalue weighted by Crippen LogP contribution is -2.52. The summed E-state index contributed by atoms with van der Waals surface area (Å²) in [6.45, 7) is 2.19. The van der Waals surface area contributed by atoms with Crippen molar-refractivity contribution in [1.82, 2.24) is 15.1 Å². The molecule has 0 saturated heterocycles. The van der Waals surface area contributed by atoms with Crippen molar-refractivity contribution in [2.75, 3.05) is 35.2 Å². The summed E-state index contributed by atoms with van der Waals surface area (Å²) in [6.07, 6.45) is 0.458. The van der Waals surface area contributed by atoms with Crippen molar-refractivity contribution in [2.24, 2.45) is 0 Å². The van der Waals surface area contributed by atoms with Crippen LogP contribution in [0, 0.1) is 0 Å². The van der Waals surface area contributed by atoms with Crippen LogP contribution in [0.5, 0.6) is 0 Å². The molecule has 0 aliphatic carbocycles. The standard InChI is InChI=1S/C8H21N3/c1-7(9-2)8(10(3)4)11(5)6/h7-9H,1-6H3. The maximum Gasteiger partial charge on any atom is 0.0767 e. The Bertz CT molecular complexity index is 93.5. The second-order valence-corrected chi connectivity index (χ2v) is 3.42. The molecular formula is C8H21N3. The quantitative estimate of drug-likeness (QED) is 0.584. The van der Waals surface area contributed by atoms with Crippen LogP contribution >= 0.6 is 0 Å². The van der Waals surface area contributed by atoms with Gasteiger partial charge in [0.1, 0.15) is 0 Å². The van der Waals surface area contributed by atoms with Crippen molar-refractivity contribution in [1.29, 1.82) is 0 Å². The number of hydrogen-bond donors (Lipinski definition) is 1. The molecule has 1 N–H and O–H groups in total. The monoisotopic (exact) mass is 159 g/mol. The van der Waals surface area contributed by atoms with E-state index in [4.69, 9.17) is 0 Å². The summed E-state index contributed by atoms with van der Waals surface area (Å²) in [5.41, 5.74) is 0. The molecule has 0 rings (SSSR count). The van der Waals surface area contributed by atoms with Crippen LogP contribution in [0.2, 0.25) is 0 Å². The maximum absolute atomic E-state index is 3.24. The van der Waals surface area contributed by atoms with Gasteiger partial charge in [-0.15, -0.1) is 0 Å². The van der Waals surface area contributed by atoms with Crippen molar-refractivity contribution in [3.05, 3.63) is 0 Å². The Kier molecular flexibility index (Phi) is 4.65. The fraction of sp³-hybridized carbons (Fsp3) is 1.00. The molecule has 0 radical (unpaired) electrons. The molecule has 0 aliphatic rings. The summed E-state index contributed by atoms with van der Waals surface area (Å²) in [5, 5.41) is 3.24. The second-order valence-electron chi connectivity index (χ2n) is 3.42. The molecule has 0 fully saturated rings. The molecule has 0 aromatic heterocycles. The van der Waals surface area contributed by atoms with Gasteiger partial charge in [0, 0.05) is 6.04 Å². The zero-order valence-electron chi connectivity index (χ0n) is 8.55. The summed E-state index contributed by atoms with van der Waals surface area (Å²) in [7, 11) is 10.4. The topological polar surface area (TPSA) is 18.5 Å². The zero-order chi connectivity index (χ0) is 9.02. The van der Waals surface area contributed by atoms with Crippen LogP contribution in [0.15, 0.2) is 0 Å². The highest BCUT2D eigenvalue weighted by Gasteiger charge is 2.19. The molecule has 0 saturated carbocycles. The molecular weight excluding hydrogens is 138 g/mol. The normalized spacial score (nSPS) is 15.0. The zero-order valence-corrected chi connectivity index (χ0v) is 8.55. The third-order valence-electron chi connectivity index (χ3n) is 1.96. The average Bonchev–Trinajstić information content (AvgIpc) is 1.85. The molecule has 0 aromatic carbocycles. The van der Waals surface area contributed by atoms with Crippen molar-refractivity contribution in [3.8, 4) is 0 Å². The maximum atomic E-state index is 3.24. The third-order valence-corrected chi connectivity index (χ3v) is 1.96. The van der Waals surface area contributed by atoms with Gasteiger partial charge in [-0.3, -0.25) is 9.80 Å². The lowest BCUT2D eigenvalue weighted by atomic mass is 10.2. The lowest BCUT2D eigenvalue weighted by Gasteiger charge is -2.35. The summed E-state index contributed by atoms with van der Waals surface area (Å²) in [4.78, 5) is 4.42. The Morgan fingerprint density at radius 3 is 1.45 bits per heavy atom. The van der Waals surface area contributed by atoms with Gasteiger partial charge in [0.15, 0.2) is 0 Å². The van der Waals surface area contributed by atoms with E-state index in [2.05, 4.69) is 50.2 Å². The Labute approximate surface area is 70.4 Å². The van der Waals surface area contributed by atoms with Crippen LogP contribution in [-0.4, -0.2) is 57.2 Å². The van der Waals surface area contributed by atoms with Gasteiger partial charge in [-0.2, -0.15) is 0 Å². The first kappa shape index (κ1) is 10.9. The SMILES string of the molecule is CNC(C)C(N(C)C)N(C)C. The Morgan fingerprint density at radius 1 is 1.00 bits per heavy atom. The summed E-state index contributed by atoms with van der Waals surface area (Å²) < 4.78 is 0. The number of nitrogens with one attached hydrogen (secondary N) is 1. The van der Waals surface area contributed by atoms with Crippen molar-refractivity contribution >= 4 is 0 Å². The van der Waals surface area contributed by atoms with Gasteiger partial charge in [-0.1, -0.05) is 0 Å². The predicted molar refractivity (Wildman–Crippen MR) is 49.7 cm³/mol.